The van der Waals surface area contributed by atoms with Crippen molar-refractivity contribution in [3.8, 4) is 0 Å². The molecule has 1 N–H and O–H groups in total. The van der Waals surface area contributed by atoms with E-state index in [0.29, 0.717) is 12.3 Å². The summed E-state index contributed by atoms with van der Waals surface area (Å²) in [4.78, 5) is 14.1. The van der Waals surface area contributed by atoms with Crippen LogP contribution in [0.1, 0.15) is 48.4 Å². The van der Waals surface area contributed by atoms with Crippen LogP contribution in [0.15, 0.2) is 18.2 Å². The Kier molecular flexibility index (Phi) is 5.18. The molecule has 0 spiro atoms. The number of carbonyl (C=O) groups excluding carboxylic acids is 1. The molecule has 110 valence electrons. The first kappa shape index (κ1) is 15.0. The Labute approximate surface area is 122 Å². The van der Waals surface area contributed by atoms with Gasteiger partial charge in [-0.2, -0.15) is 0 Å². The minimum Gasteiger partial charge on any atom is -0.341 e. The molecule has 1 unspecified atom stereocenters. The van der Waals surface area contributed by atoms with E-state index in [4.69, 9.17) is 0 Å². The summed E-state index contributed by atoms with van der Waals surface area (Å²) in [5.41, 5.74) is 3.90. The summed E-state index contributed by atoms with van der Waals surface area (Å²) in [6, 6.07) is 6.79. The maximum absolute atomic E-state index is 12.1. The second-order valence-electron chi connectivity index (χ2n) is 5.84. The van der Waals surface area contributed by atoms with Crippen LogP contribution in [0.25, 0.3) is 0 Å². The smallest absolute Gasteiger partial charge is 0.222 e. The van der Waals surface area contributed by atoms with Gasteiger partial charge in [-0.1, -0.05) is 24.6 Å². The summed E-state index contributed by atoms with van der Waals surface area (Å²) < 4.78 is 0. The minimum absolute atomic E-state index is 0.219. The molecule has 0 bridgehead atoms. The Bertz CT molecular complexity index is 470. The molecule has 1 aliphatic rings. The lowest BCUT2D eigenvalue weighted by atomic mass is 10.0. The molecule has 1 saturated heterocycles. The van der Waals surface area contributed by atoms with Gasteiger partial charge < -0.3 is 10.2 Å². The number of hydrogen-bond donors (Lipinski definition) is 1. The number of nitrogens with zero attached hydrogens (tertiary/aromatic N) is 1. The molecule has 20 heavy (non-hydrogen) atoms. The van der Waals surface area contributed by atoms with Crippen molar-refractivity contribution < 1.29 is 4.79 Å². The molecule has 1 fully saturated rings. The first-order chi connectivity index (χ1) is 9.61. The molecule has 1 atom stereocenters. The van der Waals surface area contributed by atoms with E-state index in [1.54, 1.807) is 0 Å². The van der Waals surface area contributed by atoms with Crippen molar-refractivity contribution in [2.75, 3.05) is 20.1 Å². The summed E-state index contributed by atoms with van der Waals surface area (Å²) in [6.07, 6.45) is 4.07. The maximum Gasteiger partial charge on any atom is 0.222 e. The molecule has 3 nitrogen and oxygen atoms in total. The second-order valence-corrected chi connectivity index (χ2v) is 5.84. The average molecular weight is 274 g/mol. The van der Waals surface area contributed by atoms with Crippen LogP contribution in [-0.4, -0.2) is 30.9 Å². The second kappa shape index (κ2) is 6.89. The summed E-state index contributed by atoms with van der Waals surface area (Å²) in [7, 11) is 1.97. The van der Waals surface area contributed by atoms with Gasteiger partial charge in [-0.15, -0.1) is 0 Å². The number of likely N-dealkylation sites (tertiary alicyclic amines) is 1. The van der Waals surface area contributed by atoms with Gasteiger partial charge in [0.15, 0.2) is 0 Å². The lowest BCUT2D eigenvalue weighted by Gasteiger charge is -2.27. The number of likely N-dealkylation sites (N-methyl/N-ethyl adjacent to an activating group) is 1. The van der Waals surface area contributed by atoms with Crippen LogP contribution in [-0.2, 0) is 4.79 Å². The third kappa shape index (κ3) is 3.60. The summed E-state index contributed by atoms with van der Waals surface area (Å²) in [6.45, 7) is 5.95. The van der Waals surface area contributed by atoms with E-state index in [1.807, 2.05) is 11.9 Å². The fraction of sp³-hybridized carbons (Fsp3) is 0.588. The standard InChI is InChI=1S/C17H26N2O/c1-13-8-9-15(11-14(13)2)16(18-3)12-19-10-6-4-5-7-17(19)20/h8-9,11,16,18H,4-7,10,12H2,1-3H3. The van der Waals surface area contributed by atoms with Crippen molar-refractivity contribution in [2.24, 2.45) is 0 Å². The molecule has 0 aromatic heterocycles. The minimum atomic E-state index is 0.219. The quantitative estimate of drug-likeness (QED) is 0.915. The first-order valence-electron chi connectivity index (χ1n) is 7.64. The van der Waals surface area contributed by atoms with Crippen molar-refractivity contribution in [2.45, 2.75) is 45.6 Å². The van der Waals surface area contributed by atoms with Crippen LogP contribution in [0.5, 0.6) is 0 Å². The molecule has 1 amide bonds. The van der Waals surface area contributed by atoms with Gasteiger partial charge in [-0.25, -0.2) is 0 Å². The molecular formula is C17H26N2O. The van der Waals surface area contributed by atoms with Crippen molar-refractivity contribution in [1.29, 1.82) is 0 Å². The van der Waals surface area contributed by atoms with Crippen LogP contribution < -0.4 is 5.32 Å². The molecule has 1 aromatic rings. The van der Waals surface area contributed by atoms with Crippen molar-refractivity contribution in [3.63, 3.8) is 0 Å². The molecule has 0 radical (unpaired) electrons. The largest absolute Gasteiger partial charge is 0.341 e. The van der Waals surface area contributed by atoms with Gasteiger partial charge in [0, 0.05) is 25.6 Å². The SMILES string of the molecule is CNC(CN1CCCCCC1=O)c1ccc(C)c(C)c1. The number of benzene rings is 1. The van der Waals surface area contributed by atoms with Crippen molar-refractivity contribution >= 4 is 5.91 Å². The fourth-order valence-electron chi connectivity index (χ4n) is 2.80. The number of hydrogen-bond acceptors (Lipinski definition) is 2. The number of carbonyl (C=O) groups is 1. The molecule has 0 saturated carbocycles. The first-order valence-corrected chi connectivity index (χ1v) is 7.64. The Morgan fingerprint density at radius 2 is 2.00 bits per heavy atom. The van der Waals surface area contributed by atoms with Gasteiger partial charge in [-0.3, -0.25) is 4.79 Å². The van der Waals surface area contributed by atoms with Crippen LogP contribution in [0.3, 0.4) is 0 Å². The third-order valence-corrected chi connectivity index (χ3v) is 4.36. The number of rotatable bonds is 4. The van der Waals surface area contributed by atoms with Crippen LogP contribution in [0, 0.1) is 13.8 Å². The van der Waals surface area contributed by atoms with Gasteiger partial charge >= 0.3 is 0 Å². The summed E-state index contributed by atoms with van der Waals surface area (Å²) >= 11 is 0. The van der Waals surface area contributed by atoms with Gasteiger partial charge in [0.25, 0.3) is 0 Å². The highest BCUT2D eigenvalue weighted by molar-refractivity contribution is 5.76. The molecule has 1 aromatic carbocycles. The van der Waals surface area contributed by atoms with Crippen molar-refractivity contribution in [1.82, 2.24) is 10.2 Å². The average Bonchev–Trinajstić information content (AvgIpc) is 2.64. The Balaban J connectivity index is 2.11. The third-order valence-electron chi connectivity index (χ3n) is 4.36. The predicted octanol–water partition coefficient (Wildman–Crippen LogP) is 2.97. The highest BCUT2D eigenvalue weighted by atomic mass is 16.2. The van der Waals surface area contributed by atoms with E-state index in [-0.39, 0.29) is 6.04 Å². The maximum atomic E-state index is 12.1. The highest BCUT2D eigenvalue weighted by Crippen LogP contribution is 2.20. The van der Waals surface area contributed by atoms with Gasteiger partial charge in [-0.05, 0) is 50.4 Å². The van der Waals surface area contributed by atoms with E-state index in [1.165, 1.54) is 23.1 Å². The van der Waals surface area contributed by atoms with Gasteiger partial charge in [0.2, 0.25) is 5.91 Å². The Hall–Kier alpha value is -1.35. The Morgan fingerprint density at radius 1 is 1.20 bits per heavy atom. The molecule has 1 heterocycles. The van der Waals surface area contributed by atoms with Crippen LogP contribution >= 0.6 is 0 Å². The number of nitrogens with one attached hydrogen (secondary N) is 1. The Morgan fingerprint density at radius 3 is 2.70 bits per heavy atom. The number of amides is 1. The monoisotopic (exact) mass is 274 g/mol. The highest BCUT2D eigenvalue weighted by Gasteiger charge is 2.20. The van der Waals surface area contributed by atoms with Gasteiger partial charge in [0.05, 0.1) is 0 Å². The van der Waals surface area contributed by atoms with E-state index in [9.17, 15) is 4.79 Å². The van der Waals surface area contributed by atoms with E-state index >= 15 is 0 Å². The van der Waals surface area contributed by atoms with E-state index in [2.05, 4.69) is 37.4 Å². The zero-order chi connectivity index (χ0) is 14.5. The summed E-state index contributed by atoms with van der Waals surface area (Å²) in [5.74, 6) is 0.312. The lowest BCUT2D eigenvalue weighted by molar-refractivity contribution is -0.131. The van der Waals surface area contributed by atoms with E-state index in [0.717, 1.165) is 25.9 Å². The molecule has 0 aliphatic carbocycles. The topological polar surface area (TPSA) is 32.3 Å². The predicted molar refractivity (Wildman–Crippen MR) is 82.8 cm³/mol. The van der Waals surface area contributed by atoms with Gasteiger partial charge in [0.1, 0.15) is 0 Å². The molecular weight excluding hydrogens is 248 g/mol. The number of aryl methyl sites for hydroxylation is 2. The lowest BCUT2D eigenvalue weighted by Crippen LogP contribution is -2.37. The van der Waals surface area contributed by atoms with Crippen molar-refractivity contribution in [3.05, 3.63) is 34.9 Å². The zero-order valence-electron chi connectivity index (χ0n) is 12.9. The fourth-order valence-corrected chi connectivity index (χ4v) is 2.80. The molecule has 3 heteroatoms. The summed E-state index contributed by atoms with van der Waals surface area (Å²) in [5, 5.41) is 3.36. The molecule has 1 aliphatic heterocycles. The van der Waals surface area contributed by atoms with Crippen LogP contribution in [0.2, 0.25) is 0 Å². The normalized spacial score (nSPS) is 17.9. The van der Waals surface area contributed by atoms with Crippen LogP contribution in [0.4, 0.5) is 0 Å². The van der Waals surface area contributed by atoms with E-state index < -0.39 is 0 Å². The molecule has 2 rings (SSSR count). The zero-order valence-corrected chi connectivity index (χ0v) is 12.9.